The molecular weight excluding hydrogens is 270 g/mol. The molecule has 2 atom stereocenters. The van der Waals surface area contributed by atoms with Crippen molar-refractivity contribution in [1.82, 2.24) is 5.32 Å². The lowest BCUT2D eigenvalue weighted by Crippen LogP contribution is -2.37. The van der Waals surface area contributed by atoms with E-state index in [-0.39, 0.29) is 23.5 Å². The van der Waals surface area contributed by atoms with Crippen LogP contribution in [-0.4, -0.2) is 29.7 Å². The summed E-state index contributed by atoms with van der Waals surface area (Å²) in [4.78, 5) is 23.0. The van der Waals surface area contributed by atoms with Gasteiger partial charge in [0.05, 0.1) is 17.6 Å². The largest absolute Gasteiger partial charge is 0.478 e. The molecule has 0 aliphatic carbocycles. The van der Waals surface area contributed by atoms with E-state index in [4.69, 9.17) is 9.84 Å². The maximum atomic E-state index is 12.2. The number of benzene rings is 1. The second-order valence-electron chi connectivity index (χ2n) is 5.69. The predicted octanol–water partition coefficient (Wildman–Crippen LogP) is 2.06. The van der Waals surface area contributed by atoms with Gasteiger partial charge in [0.15, 0.2) is 0 Å². The van der Waals surface area contributed by atoms with Crippen molar-refractivity contribution in [3.8, 4) is 0 Å². The molecule has 0 spiro atoms. The van der Waals surface area contributed by atoms with Crippen LogP contribution in [0.1, 0.15) is 36.2 Å². The van der Waals surface area contributed by atoms with Gasteiger partial charge < -0.3 is 15.2 Å². The number of ether oxygens (including phenoxy) is 1. The van der Waals surface area contributed by atoms with E-state index >= 15 is 0 Å². The van der Waals surface area contributed by atoms with Gasteiger partial charge in [-0.3, -0.25) is 4.79 Å². The third kappa shape index (κ3) is 3.82. The summed E-state index contributed by atoms with van der Waals surface area (Å²) in [6.07, 6.45) is 0.742. The van der Waals surface area contributed by atoms with Crippen molar-refractivity contribution < 1.29 is 19.4 Å². The number of carboxylic acid groups (broad SMARTS) is 1. The Morgan fingerprint density at radius 3 is 2.57 bits per heavy atom. The second kappa shape index (κ2) is 6.72. The number of carbonyl (C=O) groups is 2. The first-order chi connectivity index (χ1) is 9.99. The second-order valence-corrected chi connectivity index (χ2v) is 5.69. The van der Waals surface area contributed by atoms with Crippen molar-refractivity contribution in [2.45, 2.75) is 32.9 Å². The molecule has 1 aliphatic rings. The number of carboxylic acids is 1. The Bertz CT molecular complexity index is 510. The van der Waals surface area contributed by atoms with Crippen molar-refractivity contribution in [3.05, 3.63) is 35.4 Å². The molecule has 1 saturated heterocycles. The molecule has 0 aromatic heterocycles. The summed E-state index contributed by atoms with van der Waals surface area (Å²) in [7, 11) is 0. The normalized spacial score (nSPS) is 21.5. The van der Waals surface area contributed by atoms with Gasteiger partial charge in [0.2, 0.25) is 5.91 Å². The zero-order chi connectivity index (χ0) is 15.4. The Morgan fingerprint density at radius 1 is 1.33 bits per heavy atom. The van der Waals surface area contributed by atoms with E-state index in [1.54, 1.807) is 24.3 Å². The van der Waals surface area contributed by atoms with Crippen molar-refractivity contribution in [2.75, 3.05) is 6.61 Å². The highest BCUT2D eigenvalue weighted by Gasteiger charge is 2.35. The summed E-state index contributed by atoms with van der Waals surface area (Å²) in [5, 5.41) is 11.7. The highest BCUT2D eigenvalue weighted by molar-refractivity contribution is 5.87. The molecule has 2 unspecified atom stereocenters. The van der Waals surface area contributed by atoms with Gasteiger partial charge in [-0.05, 0) is 30.0 Å². The molecule has 1 amide bonds. The maximum absolute atomic E-state index is 12.2. The molecule has 5 nitrogen and oxygen atoms in total. The van der Waals surface area contributed by atoms with E-state index in [0.29, 0.717) is 19.1 Å². The summed E-state index contributed by atoms with van der Waals surface area (Å²) in [6, 6.07) is 6.52. The van der Waals surface area contributed by atoms with Gasteiger partial charge in [0.1, 0.15) is 0 Å². The minimum atomic E-state index is -0.950. The van der Waals surface area contributed by atoms with Crippen molar-refractivity contribution in [2.24, 2.45) is 11.8 Å². The van der Waals surface area contributed by atoms with Crippen molar-refractivity contribution in [1.29, 1.82) is 0 Å². The number of hydrogen-bond donors (Lipinski definition) is 2. The van der Waals surface area contributed by atoms with Crippen molar-refractivity contribution >= 4 is 11.9 Å². The number of nitrogens with one attached hydrogen (secondary N) is 1. The minimum Gasteiger partial charge on any atom is -0.478 e. The highest BCUT2D eigenvalue weighted by atomic mass is 16.5. The summed E-state index contributed by atoms with van der Waals surface area (Å²) in [6.45, 7) is 5.15. The predicted molar refractivity (Wildman–Crippen MR) is 77.9 cm³/mol. The van der Waals surface area contributed by atoms with E-state index in [9.17, 15) is 9.59 Å². The molecule has 1 aliphatic heterocycles. The average Bonchev–Trinajstić information content (AvgIpc) is 2.95. The van der Waals surface area contributed by atoms with Crippen molar-refractivity contribution in [3.63, 3.8) is 0 Å². The summed E-state index contributed by atoms with van der Waals surface area (Å²) in [5.74, 6) is -0.719. The monoisotopic (exact) mass is 291 g/mol. The van der Waals surface area contributed by atoms with Crippen LogP contribution < -0.4 is 5.32 Å². The lowest BCUT2D eigenvalue weighted by molar-refractivity contribution is -0.127. The zero-order valence-electron chi connectivity index (χ0n) is 12.3. The summed E-state index contributed by atoms with van der Waals surface area (Å²) < 4.78 is 5.62. The molecule has 0 bridgehead atoms. The van der Waals surface area contributed by atoms with E-state index in [0.717, 1.165) is 12.0 Å². The van der Waals surface area contributed by atoms with Gasteiger partial charge in [-0.25, -0.2) is 4.79 Å². The zero-order valence-corrected chi connectivity index (χ0v) is 12.3. The van der Waals surface area contributed by atoms with Crippen LogP contribution in [0.25, 0.3) is 0 Å². The van der Waals surface area contributed by atoms with E-state index < -0.39 is 5.97 Å². The molecule has 1 heterocycles. The molecule has 2 rings (SSSR count). The fourth-order valence-corrected chi connectivity index (χ4v) is 2.63. The van der Waals surface area contributed by atoms with Crippen LogP contribution in [0.3, 0.4) is 0 Å². The smallest absolute Gasteiger partial charge is 0.335 e. The summed E-state index contributed by atoms with van der Waals surface area (Å²) >= 11 is 0. The number of aromatic carboxylic acids is 1. The van der Waals surface area contributed by atoms with E-state index in [2.05, 4.69) is 19.2 Å². The number of hydrogen-bond acceptors (Lipinski definition) is 3. The van der Waals surface area contributed by atoms with Crippen LogP contribution in [0.4, 0.5) is 0 Å². The third-order valence-electron chi connectivity index (χ3n) is 3.80. The lowest BCUT2D eigenvalue weighted by atomic mass is 9.92. The Labute approximate surface area is 124 Å². The van der Waals surface area contributed by atoms with Crippen LogP contribution in [-0.2, 0) is 16.1 Å². The van der Waals surface area contributed by atoms with Crippen LogP contribution in [0.15, 0.2) is 24.3 Å². The van der Waals surface area contributed by atoms with Crippen LogP contribution in [0, 0.1) is 11.8 Å². The first-order valence-corrected chi connectivity index (χ1v) is 7.20. The lowest BCUT2D eigenvalue weighted by Gasteiger charge is -2.21. The van der Waals surface area contributed by atoms with E-state index in [1.165, 1.54) is 0 Å². The van der Waals surface area contributed by atoms with Gasteiger partial charge in [-0.1, -0.05) is 26.0 Å². The topological polar surface area (TPSA) is 75.6 Å². The van der Waals surface area contributed by atoms with Crippen LogP contribution in [0.5, 0.6) is 0 Å². The van der Waals surface area contributed by atoms with E-state index in [1.807, 2.05) is 0 Å². The molecule has 0 radical (unpaired) electrons. The molecule has 2 N–H and O–H groups in total. The SMILES string of the molecule is CC(C)C1OCCC1C(=O)NCc1ccc(C(=O)O)cc1. The molecule has 1 fully saturated rings. The minimum absolute atomic E-state index is 0.00788. The molecule has 21 heavy (non-hydrogen) atoms. The van der Waals surface area contributed by atoms with Gasteiger partial charge >= 0.3 is 5.97 Å². The van der Waals surface area contributed by atoms with Gasteiger partial charge in [0, 0.05) is 13.2 Å². The molecule has 114 valence electrons. The fourth-order valence-electron chi connectivity index (χ4n) is 2.63. The average molecular weight is 291 g/mol. The number of rotatable bonds is 5. The molecule has 5 heteroatoms. The Hall–Kier alpha value is -1.88. The summed E-state index contributed by atoms with van der Waals surface area (Å²) in [5.41, 5.74) is 1.13. The van der Waals surface area contributed by atoms with Gasteiger partial charge in [-0.2, -0.15) is 0 Å². The molecule has 1 aromatic carbocycles. The molecule has 1 aromatic rings. The quantitative estimate of drug-likeness (QED) is 0.870. The standard InChI is InChI=1S/C16H21NO4/c1-10(2)14-13(7-8-21-14)15(18)17-9-11-3-5-12(6-4-11)16(19)20/h3-6,10,13-14H,7-9H2,1-2H3,(H,17,18)(H,19,20). The number of carbonyl (C=O) groups excluding carboxylic acids is 1. The first kappa shape index (κ1) is 15.5. The Balaban J connectivity index is 1.90. The molecular formula is C16H21NO4. The number of amides is 1. The maximum Gasteiger partial charge on any atom is 0.335 e. The van der Waals surface area contributed by atoms with Gasteiger partial charge in [0.25, 0.3) is 0 Å². The Kier molecular flexibility index (Phi) is 4.96. The third-order valence-corrected chi connectivity index (χ3v) is 3.80. The first-order valence-electron chi connectivity index (χ1n) is 7.20. The van der Waals surface area contributed by atoms with Crippen LogP contribution in [0.2, 0.25) is 0 Å². The van der Waals surface area contributed by atoms with Gasteiger partial charge in [-0.15, -0.1) is 0 Å². The van der Waals surface area contributed by atoms with Crippen LogP contribution >= 0.6 is 0 Å². The Morgan fingerprint density at radius 2 is 2.00 bits per heavy atom. The fraction of sp³-hybridized carbons (Fsp3) is 0.500. The molecule has 0 saturated carbocycles. The highest BCUT2D eigenvalue weighted by Crippen LogP contribution is 2.26.